The second-order valence-corrected chi connectivity index (χ2v) is 6.52. The van der Waals surface area contributed by atoms with Crippen molar-refractivity contribution in [2.24, 2.45) is 4.99 Å². The molecule has 1 saturated heterocycles. The Morgan fingerprint density at radius 1 is 1.29 bits per heavy atom. The number of hydrogen-bond donors (Lipinski definition) is 2. The van der Waals surface area contributed by atoms with E-state index in [9.17, 15) is 0 Å². The van der Waals surface area contributed by atoms with Gasteiger partial charge in [-0.15, -0.1) is 24.0 Å². The molecule has 0 saturated carbocycles. The van der Waals surface area contributed by atoms with Gasteiger partial charge in [0.25, 0.3) is 0 Å². The van der Waals surface area contributed by atoms with E-state index in [-0.39, 0.29) is 24.0 Å². The number of piperidine rings is 1. The minimum absolute atomic E-state index is 0. The van der Waals surface area contributed by atoms with E-state index in [0.717, 1.165) is 25.6 Å². The third-order valence-corrected chi connectivity index (χ3v) is 4.63. The predicted molar refractivity (Wildman–Crippen MR) is 114 cm³/mol. The molecule has 136 valence electrons. The van der Waals surface area contributed by atoms with Gasteiger partial charge in [-0.05, 0) is 31.7 Å². The maximum absolute atomic E-state index is 4.35. The molecule has 2 atom stereocenters. The SMILES string of the molecule is CCCCNC(=NC)NC1CCN(Cc2ccccc2)C(C)C1.I. The van der Waals surface area contributed by atoms with Crippen molar-refractivity contribution in [2.45, 2.75) is 58.2 Å². The fraction of sp³-hybridized carbons (Fsp3) is 0.632. The van der Waals surface area contributed by atoms with Crippen LogP contribution in [0.3, 0.4) is 0 Å². The Bertz CT molecular complexity index is 478. The standard InChI is InChI=1S/C19H32N4.HI/c1-4-5-12-21-19(20-3)22-18-11-13-23(16(2)14-18)15-17-9-7-6-8-10-17;/h6-10,16,18H,4-5,11-15H2,1-3H3,(H2,20,21,22);1H. The second kappa shape index (κ2) is 11.7. The number of hydrogen-bond acceptors (Lipinski definition) is 2. The first-order valence-electron chi connectivity index (χ1n) is 8.98. The lowest BCUT2D eigenvalue weighted by atomic mass is 9.97. The summed E-state index contributed by atoms with van der Waals surface area (Å²) in [5, 5.41) is 7.00. The highest BCUT2D eigenvalue weighted by atomic mass is 127. The van der Waals surface area contributed by atoms with Crippen molar-refractivity contribution in [1.82, 2.24) is 15.5 Å². The molecule has 1 fully saturated rings. The summed E-state index contributed by atoms with van der Waals surface area (Å²) in [6.45, 7) is 7.74. The third kappa shape index (κ3) is 6.97. The fourth-order valence-electron chi connectivity index (χ4n) is 3.18. The van der Waals surface area contributed by atoms with Gasteiger partial charge in [0.15, 0.2) is 5.96 Å². The number of nitrogens with zero attached hydrogens (tertiary/aromatic N) is 2. The third-order valence-electron chi connectivity index (χ3n) is 4.63. The van der Waals surface area contributed by atoms with Crippen LogP contribution in [0.1, 0.15) is 45.1 Å². The van der Waals surface area contributed by atoms with E-state index in [1.807, 2.05) is 7.05 Å². The van der Waals surface area contributed by atoms with Gasteiger partial charge in [-0.2, -0.15) is 0 Å². The Labute approximate surface area is 164 Å². The highest BCUT2D eigenvalue weighted by Gasteiger charge is 2.25. The molecule has 0 bridgehead atoms. The van der Waals surface area contributed by atoms with E-state index in [1.165, 1.54) is 31.2 Å². The Morgan fingerprint density at radius 2 is 2.04 bits per heavy atom. The van der Waals surface area contributed by atoms with Crippen molar-refractivity contribution in [3.63, 3.8) is 0 Å². The molecule has 0 aliphatic carbocycles. The topological polar surface area (TPSA) is 39.7 Å². The zero-order valence-electron chi connectivity index (χ0n) is 15.3. The lowest BCUT2D eigenvalue weighted by molar-refractivity contribution is 0.134. The molecule has 1 aromatic carbocycles. The summed E-state index contributed by atoms with van der Waals surface area (Å²) in [4.78, 5) is 6.93. The average Bonchev–Trinajstić information content (AvgIpc) is 2.57. The van der Waals surface area contributed by atoms with Gasteiger partial charge < -0.3 is 10.6 Å². The molecule has 1 aliphatic rings. The Balaban J connectivity index is 0.00000288. The van der Waals surface area contributed by atoms with Gasteiger partial charge in [0.1, 0.15) is 0 Å². The van der Waals surface area contributed by atoms with Gasteiger partial charge in [-0.25, -0.2) is 0 Å². The smallest absolute Gasteiger partial charge is 0.191 e. The molecule has 2 N–H and O–H groups in total. The van der Waals surface area contributed by atoms with Gasteiger partial charge in [0, 0.05) is 38.8 Å². The van der Waals surface area contributed by atoms with Crippen LogP contribution in [0.2, 0.25) is 0 Å². The summed E-state index contributed by atoms with van der Waals surface area (Å²) in [6, 6.07) is 11.9. The van der Waals surface area contributed by atoms with Gasteiger partial charge in [-0.1, -0.05) is 43.7 Å². The van der Waals surface area contributed by atoms with Crippen LogP contribution >= 0.6 is 24.0 Å². The molecule has 5 heteroatoms. The highest BCUT2D eigenvalue weighted by Crippen LogP contribution is 2.19. The number of benzene rings is 1. The number of guanidine groups is 1. The van der Waals surface area contributed by atoms with Crippen molar-refractivity contribution < 1.29 is 0 Å². The molecule has 4 nitrogen and oxygen atoms in total. The predicted octanol–water partition coefficient (Wildman–Crippen LogP) is 3.62. The molecule has 2 rings (SSSR count). The molecule has 1 aromatic rings. The molecule has 24 heavy (non-hydrogen) atoms. The number of rotatable bonds is 6. The minimum Gasteiger partial charge on any atom is -0.356 e. The summed E-state index contributed by atoms with van der Waals surface area (Å²) in [7, 11) is 1.86. The summed E-state index contributed by atoms with van der Waals surface area (Å²) < 4.78 is 0. The van der Waals surface area contributed by atoms with E-state index in [2.05, 4.69) is 64.7 Å². The molecular weight excluding hydrogens is 411 g/mol. The molecule has 0 spiro atoms. The van der Waals surface area contributed by atoms with Crippen LogP contribution in [0, 0.1) is 0 Å². The van der Waals surface area contributed by atoms with Crippen LogP contribution in [-0.2, 0) is 6.54 Å². The largest absolute Gasteiger partial charge is 0.356 e. The second-order valence-electron chi connectivity index (χ2n) is 6.52. The first-order chi connectivity index (χ1) is 11.2. The molecule has 1 aliphatic heterocycles. The van der Waals surface area contributed by atoms with Crippen LogP contribution in [0.15, 0.2) is 35.3 Å². The van der Waals surface area contributed by atoms with E-state index in [4.69, 9.17) is 0 Å². The van der Waals surface area contributed by atoms with E-state index in [0.29, 0.717) is 12.1 Å². The van der Waals surface area contributed by atoms with Crippen molar-refractivity contribution in [3.8, 4) is 0 Å². The molecule has 2 unspecified atom stereocenters. The maximum Gasteiger partial charge on any atom is 0.191 e. The Hall–Kier alpha value is -0.820. The molecule has 0 aromatic heterocycles. The normalized spacial score (nSPS) is 21.9. The van der Waals surface area contributed by atoms with Crippen molar-refractivity contribution in [3.05, 3.63) is 35.9 Å². The van der Waals surface area contributed by atoms with E-state index < -0.39 is 0 Å². The van der Waals surface area contributed by atoms with Crippen molar-refractivity contribution in [2.75, 3.05) is 20.1 Å². The first kappa shape index (κ1) is 21.2. The molecule has 0 amide bonds. The highest BCUT2D eigenvalue weighted by molar-refractivity contribution is 14.0. The number of unbranched alkanes of at least 4 members (excludes halogenated alkanes) is 1. The quantitative estimate of drug-likeness (QED) is 0.305. The van der Waals surface area contributed by atoms with E-state index >= 15 is 0 Å². The zero-order valence-corrected chi connectivity index (χ0v) is 17.6. The summed E-state index contributed by atoms with van der Waals surface area (Å²) in [5.74, 6) is 0.951. The van der Waals surface area contributed by atoms with Crippen molar-refractivity contribution >= 4 is 29.9 Å². The number of likely N-dealkylation sites (tertiary alicyclic amines) is 1. The van der Waals surface area contributed by atoms with Gasteiger partial charge in [0.2, 0.25) is 0 Å². The zero-order chi connectivity index (χ0) is 16.5. The van der Waals surface area contributed by atoms with Crippen LogP contribution in [-0.4, -0.2) is 43.1 Å². The summed E-state index contributed by atoms with van der Waals surface area (Å²) >= 11 is 0. The lowest BCUT2D eigenvalue weighted by Crippen LogP contribution is -2.51. The number of halogens is 1. The number of nitrogens with one attached hydrogen (secondary N) is 2. The average molecular weight is 444 g/mol. The van der Waals surface area contributed by atoms with Gasteiger partial charge >= 0.3 is 0 Å². The molecule has 0 radical (unpaired) electrons. The van der Waals surface area contributed by atoms with E-state index in [1.54, 1.807) is 0 Å². The molecular formula is C19H33IN4. The Morgan fingerprint density at radius 3 is 2.67 bits per heavy atom. The fourth-order valence-corrected chi connectivity index (χ4v) is 3.18. The summed E-state index contributed by atoms with van der Waals surface area (Å²) in [5.41, 5.74) is 1.41. The molecule has 1 heterocycles. The summed E-state index contributed by atoms with van der Waals surface area (Å²) in [6.07, 6.45) is 4.73. The Kier molecular flexibility index (Phi) is 10.3. The minimum atomic E-state index is 0. The lowest BCUT2D eigenvalue weighted by Gasteiger charge is -2.38. The monoisotopic (exact) mass is 444 g/mol. The maximum atomic E-state index is 4.35. The van der Waals surface area contributed by atoms with Crippen LogP contribution < -0.4 is 10.6 Å². The van der Waals surface area contributed by atoms with Gasteiger partial charge in [-0.3, -0.25) is 9.89 Å². The first-order valence-corrected chi connectivity index (χ1v) is 8.98. The number of aliphatic imine (C=N–C) groups is 1. The van der Waals surface area contributed by atoms with Crippen LogP contribution in [0.25, 0.3) is 0 Å². The van der Waals surface area contributed by atoms with Gasteiger partial charge in [0.05, 0.1) is 0 Å². The van der Waals surface area contributed by atoms with Crippen LogP contribution in [0.5, 0.6) is 0 Å². The van der Waals surface area contributed by atoms with Crippen molar-refractivity contribution in [1.29, 1.82) is 0 Å². The van der Waals surface area contributed by atoms with Crippen LogP contribution in [0.4, 0.5) is 0 Å².